The molecule has 1 aliphatic carbocycles. The fourth-order valence-corrected chi connectivity index (χ4v) is 4.03. The molecular weight excluding hydrogens is 437 g/mol. The molecule has 150 valence electrons. The number of halogens is 4. The second-order valence-electron chi connectivity index (χ2n) is 6.02. The van der Waals surface area contributed by atoms with Crippen LogP contribution in [0.25, 0.3) is 0 Å². The summed E-state index contributed by atoms with van der Waals surface area (Å²) in [6.07, 6.45) is -1.76. The van der Waals surface area contributed by atoms with Gasteiger partial charge in [0.25, 0.3) is 0 Å². The van der Waals surface area contributed by atoms with Crippen LogP contribution >= 0.6 is 34.7 Å². The Balaban J connectivity index is 1.53. The van der Waals surface area contributed by atoms with Crippen molar-refractivity contribution in [3.05, 3.63) is 28.8 Å². The largest absolute Gasteiger partial charge is 0.416 e. The summed E-state index contributed by atoms with van der Waals surface area (Å²) < 4.78 is 38.8. The van der Waals surface area contributed by atoms with Crippen LogP contribution in [0.3, 0.4) is 0 Å². The van der Waals surface area contributed by atoms with Crippen molar-refractivity contribution in [1.82, 2.24) is 10.2 Å². The van der Waals surface area contributed by atoms with Gasteiger partial charge in [-0.3, -0.25) is 9.59 Å². The summed E-state index contributed by atoms with van der Waals surface area (Å²) in [6.45, 7) is 0. The zero-order valence-electron chi connectivity index (χ0n) is 14.2. The molecule has 1 heterocycles. The highest BCUT2D eigenvalue weighted by Crippen LogP contribution is 2.34. The maximum absolute atomic E-state index is 12.8. The molecule has 1 aromatic carbocycles. The van der Waals surface area contributed by atoms with Crippen LogP contribution in [0.1, 0.15) is 24.8 Å². The summed E-state index contributed by atoms with van der Waals surface area (Å²) in [7, 11) is 0. The minimum atomic E-state index is -4.54. The molecule has 1 aromatic heterocycles. The van der Waals surface area contributed by atoms with Gasteiger partial charge in [0, 0.05) is 5.92 Å². The maximum atomic E-state index is 12.8. The Labute approximate surface area is 171 Å². The fraction of sp³-hybridized carbons (Fsp3) is 0.375. The Kier molecular flexibility index (Phi) is 6.46. The van der Waals surface area contributed by atoms with E-state index in [1.54, 1.807) is 0 Å². The van der Waals surface area contributed by atoms with E-state index in [0.717, 1.165) is 60.6 Å². The first-order valence-electron chi connectivity index (χ1n) is 8.16. The third-order valence-corrected chi connectivity index (χ3v) is 6.31. The summed E-state index contributed by atoms with van der Waals surface area (Å²) in [5.74, 6) is -0.710. The third-order valence-electron chi connectivity index (χ3n) is 4.01. The van der Waals surface area contributed by atoms with Crippen LogP contribution in [0.2, 0.25) is 5.02 Å². The second kappa shape index (κ2) is 8.66. The molecular formula is C16H14ClF3N4O2S2. The van der Waals surface area contributed by atoms with E-state index in [0.29, 0.717) is 9.47 Å². The van der Waals surface area contributed by atoms with Crippen LogP contribution in [-0.2, 0) is 15.8 Å². The summed E-state index contributed by atoms with van der Waals surface area (Å²) in [6, 6.07) is 2.70. The summed E-state index contributed by atoms with van der Waals surface area (Å²) in [4.78, 5) is 23.9. The number of carbonyl (C=O) groups excluding carboxylic acids is 2. The molecule has 1 fully saturated rings. The van der Waals surface area contributed by atoms with E-state index in [1.807, 2.05) is 0 Å². The molecule has 12 heteroatoms. The van der Waals surface area contributed by atoms with Gasteiger partial charge < -0.3 is 10.6 Å². The Morgan fingerprint density at radius 1 is 1.25 bits per heavy atom. The first-order valence-corrected chi connectivity index (χ1v) is 10.3. The molecule has 0 aliphatic heterocycles. The number of benzene rings is 1. The molecule has 1 aliphatic rings. The molecule has 0 atom stereocenters. The van der Waals surface area contributed by atoms with Gasteiger partial charge in [-0.1, -0.05) is 41.1 Å². The van der Waals surface area contributed by atoms with Crippen molar-refractivity contribution < 1.29 is 22.8 Å². The van der Waals surface area contributed by atoms with Gasteiger partial charge in [-0.25, -0.2) is 0 Å². The van der Waals surface area contributed by atoms with Gasteiger partial charge in [0.1, 0.15) is 0 Å². The topological polar surface area (TPSA) is 84.0 Å². The molecule has 0 spiro atoms. The number of alkyl halides is 3. The maximum Gasteiger partial charge on any atom is 0.416 e. The van der Waals surface area contributed by atoms with Gasteiger partial charge in [-0.15, -0.1) is 10.2 Å². The quantitative estimate of drug-likeness (QED) is 0.493. The smallest absolute Gasteiger partial charge is 0.324 e. The second-order valence-corrected chi connectivity index (χ2v) is 8.63. The van der Waals surface area contributed by atoms with Crippen LogP contribution in [-0.4, -0.2) is 27.8 Å². The van der Waals surface area contributed by atoms with Crippen molar-refractivity contribution in [3.8, 4) is 0 Å². The highest BCUT2D eigenvalue weighted by Gasteiger charge is 2.31. The summed E-state index contributed by atoms with van der Waals surface area (Å²) >= 11 is 8.03. The molecule has 28 heavy (non-hydrogen) atoms. The van der Waals surface area contributed by atoms with Crippen molar-refractivity contribution in [3.63, 3.8) is 0 Å². The molecule has 2 N–H and O–H groups in total. The molecule has 2 amide bonds. The molecule has 2 aromatic rings. The average molecular weight is 451 g/mol. The molecule has 3 rings (SSSR count). The van der Waals surface area contributed by atoms with Gasteiger partial charge in [0.15, 0.2) is 4.34 Å². The lowest BCUT2D eigenvalue weighted by molar-refractivity contribution is -0.137. The highest BCUT2D eigenvalue weighted by molar-refractivity contribution is 8.01. The van der Waals surface area contributed by atoms with E-state index < -0.39 is 17.6 Å². The van der Waals surface area contributed by atoms with Gasteiger partial charge in [0.2, 0.25) is 16.9 Å². The Bertz CT molecular complexity index is 887. The molecule has 0 bridgehead atoms. The minimum absolute atomic E-state index is 0.00302. The van der Waals surface area contributed by atoms with Crippen LogP contribution < -0.4 is 10.6 Å². The highest BCUT2D eigenvalue weighted by atomic mass is 35.5. The van der Waals surface area contributed by atoms with Crippen LogP contribution in [0, 0.1) is 5.92 Å². The zero-order valence-corrected chi connectivity index (χ0v) is 16.6. The van der Waals surface area contributed by atoms with Crippen LogP contribution in [0.4, 0.5) is 24.0 Å². The predicted molar refractivity (Wildman–Crippen MR) is 102 cm³/mol. The fourth-order valence-electron chi connectivity index (χ4n) is 2.31. The number of carbonyl (C=O) groups is 2. The SMILES string of the molecule is O=C(CSc1nnc(NC(=O)C2CCC2)s1)Nc1cc(C(F)(F)F)ccc1Cl. The molecule has 0 unspecified atom stereocenters. The van der Waals surface area contributed by atoms with E-state index >= 15 is 0 Å². The molecule has 6 nitrogen and oxygen atoms in total. The number of aromatic nitrogens is 2. The summed E-state index contributed by atoms with van der Waals surface area (Å²) in [5.41, 5.74) is -1.02. The van der Waals surface area contributed by atoms with E-state index in [2.05, 4.69) is 20.8 Å². The van der Waals surface area contributed by atoms with Crippen molar-refractivity contribution in [2.75, 3.05) is 16.4 Å². The van der Waals surface area contributed by atoms with Crippen molar-refractivity contribution in [2.24, 2.45) is 5.92 Å². The number of anilines is 2. The molecule has 1 saturated carbocycles. The molecule has 0 radical (unpaired) electrons. The lowest BCUT2D eigenvalue weighted by Gasteiger charge is -2.23. The number of thioether (sulfide) groups is 1. The Hall–Kier alpha value is -1.85. The van der Waals surface area contributed by atoms with Crippen molar-refractivity contribution >= 4 is 57.3 Å². The van der Waals surface area contributed by atoms with Gasteiger partial charge in [-0.05, 0) is 31.0 Å². The summed E-state index contributed by atoms with van der Waals surface area (Å²) in [5, 5.41) is 13.1. The number of amides is 2. The normalized spacial score (nSPS) is 14.4. The van der Waals surface area contributed by atoms with Gasteiger partial charge in [0.05, 0.1) is 22.0 Å². The third kappa shape index (κ3) is 5.36. The number of hydrogen-bond donors (Lipinski definition) is 2. The van der Waals surface area contributed by atoms with Gasteiger partial charge >= 0.3 is 6.18 Å². The van der Waals surface area contributed by atoms with Crippen LogP contribution in [0.5, 0.6) is 0 Å². The first kappa shape index (κ1) is 20.9. The van der Waals surface area contributed by atoms with Crippen LogP contribution in [0.15, 0.2) is 22.5 Å². The number of nitrogens with one attached hydrogen (secondary N) is 2. The van der Waals surface area contributed by atoms with Crippen molar-refractivity contribution in [1.29, 1.82) is 0 Å². The van der Waals surface area contributed by atoms with E-state index in [-0.39, 0.29) is 28.3 Å². The predicted octanol–water partition coefficient (Wildman–Crippen LogP) is 4.68. The van der Waals surface area contributed by atoms with Crippen molar-refractivity contribution in [2.45, 2.75) is 29.8 Å². The number of nitrogens with zero attached hydrogens (tertiary/aromatic N) is 2. The number of hydrogen-bond acceptors (Lipinski definition) is 6. The van der Waals surface area contributed by atoms with E-state index in [4.69, 9.17) is 11.6 Å². The Morgan fingerprint density at radius 2 is 2.00 bits per heavy atom. The lowest BCUT2D eigenvalue weighted by atomic mass is 9.85. The first-order chi connectivity index (χ1) is 13.2. The monoisotopic (exact) mass is 450 g/mol. The van der Waals surface area contributed by atoms with E-state index in [1.165, 1.54) is 0 Å². The lowest BCUT2D eigenvalue weighted by Crippen LogP contribution is -2.27. The molecule has 0 saturated heterocycles. The zero-order chi connectivity index (χ0) is 20.3. The number of rotatable bonds is 6. The minimum Gasteiger partial charge on any atom is -0.324 e. The standard InChI is InChI=1S/C16H14ClF3N4O2S2/c17-10-5-4-9(16(18,19)20)6-11(10)21-12(25)7-27-15-24-23-14(28-15)22-13(26)8-2-1-3-8/h4-6,8H,1-3,7H2,(H,21,25)(H,22,23,26). The average Bonchev–Trinajstić information content (AvgIpc) is 2.99. The van der Waals surface area contributed by atoms with Gasteiger partial charge in [-0.2, -0.15) is 13.2 Å². The Morgan fingerprint density at radius 3 is 2.64 bits per heavy atom. The van der Waals surface area contributed by atoms with E-state index in [9.17, 15) is 22.8 Å².